The fraction of sp³-hybridized carbons (Fsp3) is 0.625. The first-order chi connectivity index (χ1) is 8.04. The van der Waals surface area contributed by atoms with Crippen molar-refractivity contribution in [1.29, 1.82) is 0 Å². The predicted octanol–water partition coefficient (Wildman–Crippen LogP) is 4.79. The zero-order valence-corrected chi connectivity index (χ0v) is 12.0. The molecule has 0 aliphatic carbocycles. The Bertz CT molecular complexity index is 341. The van der Waals surface area contributed by atoms with Crippen molar-refractivity contribution in [3.63, 3.8) is 0 Å². The summed E-state index contributed by atoms with van der Waals surface area (Å²) in [7, 11) is 0. The molecule has 0 bridgehead atoms. The van der Waals surface area contributed by atoms with Crippen LogP contribution in [0.5, 0.6) is 0 Å². The predicted molar refractivity (Wildman–Crippen MR) is 77.7 cm³/mol. The molecule has 1 heteroatoms. The molecule has 0 amide bonds. The monoisotopic (exact) mass is 233 g/mol. The minimum atomic E-state index is 0.559. The van der Waals surface area contributed by atoms with Crippen molar-refractivity contribution in [2.45, 2.75) is 59.9 Å². The molecule has 1 atom stereocenters. The molecule has 1 N–H and O–H groups in total. The quantitative estimate of drug-likeness (QED) is 0.744. The number of benzene rings is 1. The zero-order chi connectivity index (χ0) is 12.8. The Hall–Kier alpha value is -0.980. The van der Waals surface area contributed by atoms with Gasteiger partial charge >= 0.3 is 0 Å². The van der Waals surface area contributed by atoms with E-state index in [0.717, 1.165) is 12.3 Å². The van der Waals surface area contributed by atoms with Crippen LogP contribution in [0, 0.1) is 12.8 Å². The highest BCUT2D eigenvalue weighted by atomic mass is 14.9. The molecule has 0 aromatic heterocycles. The molecule has 1 rings (SSSR count). The third-order valence-electron chi connectivity index (χ3n) is 3.31. The second-order valence-corrected chi connectivity index (χ2v) is 5.48. The normalized spacial score (nSPS) is 12.8. The Morgan fingerprint density at radius 2 is 1.82 bits per heavy atom. The molecule has 0 heterocycles. The molecule has 0 spiro atoms. The van der Waals surface area contributed by atoms with Crippen molar-refractivity contribution in [2.75, 3.05) is 5.32 Å². The minimum Gasteiger partial charge on any atom is -0.382 e. The molecule has 1 aromatic rings. The van der Waals surface area contributed by atoms with Gasteiger partial charge in [-0.2, -0.15) is 0 Å². The molecule has 0 saturated carbocycles. The second-order valence-electron chi connectivity index (χ2n) is 5.48. The van der Waals surface area contributed by atoms with Crippen LogP contribution in [0.1, 0.15) is 51.7 Å². The number of nitrogens with one attached hydrogen (secondary N) is 1. The Kier molecular flexibility index (Phi) is 5.54. The van der Waals surface area contributed by atoms with E-state index < -0.39 is 0 Å². The Balaban J connectivity index is 2.67. The minimum absolute atomic E-state index is 0.559. The van der Waals surface area contributed by atoms with Crippen molar-refractivity contribution in [2.24, 2.45) is 5.92 Å². The van der Waals surface area contributed by atoms with Gasteiger partial charge in [-0.1, -0.05) is 39.0 Å². The van der Waals surface area contributed by atoms with Crippen LogP contribution in [-0.4, -0.2) is 6.04 Å². The molecular formula is C16H27N. The van der Waals surface area contributed by atoms with E-state index in [4.69, 9.17) is 0 Å². The van der Waals surface area contributed by atoms with Crippen molar-refractivity contribution >= 4 is 5.69 Å². The van der Waals surface area contributed by atoms with Crippen LogP contribution in [0.25, 0.3) is 0 Å². The van der Waals surface area contributed by atoms with Gasteiger partial charge in [0.2, 0.25) is 0 Å². The van der Waals surface area contributed by atoms with Gasteiger partial charge in [-0.05, 0) is 50.2 Å². The van der Waals surface area contributed by atoms with Gasteiger partial charge in [0.15, 0.2) is 0 Å². The summed E-state index contributed by atoms with van der Waals surface area (Å²) in [6.07, 6.45) is 3.64. The van der Waals surface area contributed by atoms with Crippen molar-refractivity contribution in [3.8, 4) is 0 Å². The number of hydrogen-bond donors (Lipinski definition) is 1. The third-order valence-corrected chi connectivity index (χ3v) is 3.31. The zero-order valence-electron chi connectivity index (χ0n) is 12.0. The van der Waals surface area contributed by atoms with Gasteiger partial charge in [0.1, 0.15) is 0 Å². The Morgan fingerprint density at radius 3 is 2.41 bits per heavy atom. The standard InChI is InChI=1S/C16H27N/c1-6-15-9-7-8-13(4)16(15)17-14(5)11-10-12(2)3/h7-9,12,14,17H,6,10-11H2,1-5H3. The fourth-order valence-electron chi connectivity index (χ4n) is 2.13. The van der Waals surface area contributed by atoms with Crippen molar-refractivity contribution < 1.29 is 0 Å². The lowest BCUT2D eigenvalue weighted by atomic mass is 10.0. The van der Waals surface area contributed by atoms with Crippen LogP contribution in [0.15, 0.2) is 18.2 Å². The smallest absolute Gasteiger partial charge is 0.0404 e. The summed E-state index contributed by atoms with van der Waals surface area (Å²) < 4.78 is 0. The van der Waals surface area contributed by atoms with Crippen LogP contribution in [0.3, 0.4) is 0 Å². The summed E-state index contributed by atoms with van der Waals surface area (Å²) in [6, 6.07) is 7.13. The molecule has 0 radical (unpaired) electrons. The van der Waals surface area contributed by atoms with E-state index in [-0.39, 0.29) is 0 Å². The summed E-state index contributed by atoms with van der Waals surface area (Å²) in [5.74, 6) is 0.793. The first-order valence-corrected chi connectivity index (χ1v) is 6.89. The summed E-state index contributed by atoms with van der Waals surface area (Å²) in [6.45, 7) is 11.3. The first-order valence-electron chi connectivity index (χ1n) is 6.89. The fourth-order valence-corrected chi connectivity index (χ4v) is 2.13. The molecule has 0 fully saturated rings. The van der Waals surface area contributed by atoms with Crippen LogP contribution in [0.2, 0.25) is 0 Å². The maximum atomic E-state index is 3.69. The van der Waals surface area contributed by atoms with Gasteiger partial charge in [-0.3, -0.25) is 0 Å². The van der Waals surface area contributed by atoms with Crippen LogP contribution in [0.4, 0.5) is 5.69 Å². The van der Waals surface area contributed by atoms with E-state index >= 15 is 0 Å². The molecule has 17 heavy (non-hydrogen) atoms. The first kappa shape index (κ1) is 14.1. The van der Waals surface area contributed by atoms with Gasteiger partial charge in [0.05, 0.1) is 0 Å². The number of aryl methyl sites for hydroxylation is 2. The summed E-state index contributed by atoms with van der Waals surface area (Å²) in [5, 5.41) is 3.69. The van der Waals surface area contributed by atoms with Crippen LogP contribution < -0.4 is 5.32 Å². The van der Waals surface area contributed by atoms with E-state index in [2.05, 4.69) is 58.1 Å². The molecule has 1 nitrogen and oxygen atoms in total. The molecular weight excluding hydrogens is 206 g/mol. The van der Waals surface area contributed by atoms with Crippen LogP contribution in [-0.2, 0) is 6.42 Å². The van der Waals surface area contributed by atoms with E-state index in [9.17, 15) is 0 Å². The van der Waals surface area contributed by atoms with E-state index in [1.807, 2.05) is 0 Å². The molecule has 0 aliphatic rings. The highest BCUT2D eigenvalue weighted by Gasteiger charge is 2.08. The molecule has 96 valence electrons. The number of para-hydroxylation sites is 1. The number of hydrogen-bond acceptors (Lipinski definition) is 1. The van der Waals surface area contributed by atoms with Gasteiger partial charge in [-0.25, -0.2) is 0 Å². The lowest BCUT2D eigenvalue weighted by molar-refractivity contribution is 0.527. The third kappa shape index (κ3) is 4.41. The largest absolute Gasteiger partial charge is 0.382 e. The van der Waals surface area contributed by atoms with Gasteiger partial charge in [-0.15, -0.1) is 0 Å². The average Bonchev–Trinajstić information content (AvgIpc) is 2.29. The molecule has 0 aliphatic heterocycles. The van der Waals surface area contributed by atoms with Crippen molar-refractivity contribution in [3.05, 3.63) is 29.3 Å². The van der Waals surface area contributed by atoms with Gasteiger partial charge < -0.3 is 5.32 Å². The van der Waals surface area contributed by atoms with E-state index in [1.54, 1.807) is 0 Å². The molecule has 1 aromatic carbocycles. The number of rotatable bonds is 6. The van der Waals surface area contributed by atoms with E-state index in [1.165, 1.54) is 29.7 Å². The Morgan fingerprint density at radius 1 is 1.12 bits per heavy atom. The second kappa shape index (κ2) is 6.68. The number of anilines is 1. The van der Waals surface area contributed by atoms with Gasteiger partial charge in [0.25, 0.3) is 0 Å². The maximum absolute atomic E-state index is 3.69. The van der Waals surface area contributed by atoms with Gasteiger partial charge in [0, 0.05) is 11.7 Å². The van der Waals surface area contributed by atoms with E-state index in [0.29, 0.717) is 6.04 Å². The highest BCUT2D eigenvalue weighted by molar-refractivity contribution is 5.57. The maximum Gasteiger partial charge on any atom is 0.0404 e. The van der Waals surface area contributed by atoms with Crippen LogP contribution >= 0.6 is 0 Å². The highest BCUT2D eigenvalue weighted by Crippen LogP contribution is 2.23. The topological polar surface area (TPSA) is 12.0 Å². The summed E-state index contributed by atoms with van der Waals surface area (Å²) >= 11 is 0. The molecule has 1 unspecified atom stereocenters. The summed E-state index contributed by atoms with van der Waals surface area (Å²) in [5.41, 5.74) is 4.15. The lowest BCUT2D eigenvalue weighted by Gasteiger charge is -2.20. The SMILES string of the molecule is CCc1cccc(C)c1NC(C)CCC(C)C. The molecule has 0 saturated heterocycles. The Labute approximate surface area is 107 Å². The van der Waals surface area contributed by atoms with Crippen molar-refractivity contribution in [1.82, 2.24) is 0 Å². The lowest BCUT2D eigenvalue weighted by Crippen LogP contribution is -2.17. The average molecular weight is 233 g/mol. The summed E-state index contributed by atoms with van der Waals surface area (Å²) in [4.78, 5) is 0.